The van der Waals surface area contributed by atoms with Crippen molar-refractivity contribution < 1.29 is 22.7 Å². The summed E-state index contributed by atoms with van der Waals surface area (Å²) in [7, 11) is -4.12. The zero-order valence-electron chi connectivity index (χ0n) is 23.7. The van der Waals surface area contributed by atoms with E-state index in [0.717, 1.165) is 28.3 Å². The third kappa shape index (κ3) is 8.08. The summed E-state index contributed by atoms with van der Waals surface area (Å²) in [5.41, 5.74) is 2.06. The van der Waals surface area contributed by atoms with Crippen LogP contribution in [0.25, 0.3) is 0 Å². The largest absolute Gasteiger partial charge is 0.494 e. The van der Waals surface area contributed by atoms with E-state index in [1.807, 2.05) is 51.1 Å². The molecule has 0 heterocycles. The van der Waals surface area contributed by atoms with Gasteiger partial charge in [0.1, 0.15) is 18.3 Å². The van der Waals surface area contributed by atoms with Gasteiger partial charge in [-0.25, -0.2) is 8.42 Å². The predicted molar refractivity (Wildman–Crippen MR) is 158 cm³/mol. The van der Waals surface area contributed by atoms with Gasteiger partial charge in [0, 0.05) is 13.1 Å². The van der Waals surface area contributed by atoms with Crippen molar-refractivity contribution in [2.75, 3.05) is 24.0 Å². The molecule has 0 aromatic heterocycles. The number of aryl methyl sites for hydroxylation is 1. The average molecular weight is 566 g/mol. The Hall–Kier alpha value is -3.85. The summed E-state index contributed by atoms with van der Waals surface area (Å²) in [5.74, 6) is -0.188. The number of benzene rings is 3. The molecule has 1 atom stereocenters. The Labute approximate surface area is 238 Å². The van der Waals surface area contributed by atoms with Crippen LogP contribution in [0, 0.1) is 6.92 Å². The maximum atomic E-state index is 13.9. The first-order chi connectivity index (χ1) is 19.2. The number of hydrogen-bond donors (Lipinski definition) is 1. The third-order valence-corrected chi connectivity index (χ3v) is 8.30. The zero-order chi connectivity index (χ0) is 29.1. The molecule has 0 aliphatic heterocycles. The minimum Gasteiger partial charge on any atom is -0.494 e. The monoisotopic (exact) mass is 565 g/mol. The molecule has 0 aliphatic carbocycles. The number of ether oxygens (including phenoxy) is 1. The van der Waals surface area contributed by atoms with Gasteiger partial charge in [0.15, 0.2) is 0 Å². The first-order valence-corrected chi connectivity index (χ1v) is 15.0. The fourth-order valence-electron chi connectivity index (χ4n) is 4.14. The Morgan fingerprint density at radius 1 is 0.925 bits per heavy atom. The molecule has 0 radical (unpaired) electrons. The number of sulfonamides is 1. The Morgan fingerprint density at radius 3 is 2.17 bits per heavy atom. The number of nitrogens with zero attached hydrogens (tertiary/aromatic N) is 2. The van der Waals surface area contributed by atoms with Crippen molar-refractivity contribution in [3.05, 3.63) is 90.0 Å². The van der Waals surface area contributed by atoms with Crippen LogP contribution in [0.1, 0.15) is 44.7 Å². The Morgan fingerprint density at radius 2 is 1.57 bits per heavy atom. The van der Waals surface area contributed by atoms with Gasteiger partial charge >= 0.3 is 0 Å². The highest BCUT2D eigenvalue weighted by atomic mass is 32.2. The van der Waals surface area contributed by atoms with Crippen molar-refractivity contribution in [2.24, 2.45) is 0 Å². The van der Waals surface area contributed by atoms with Crippen LogP contribution < -0.4 is 14.4 Å². The fourth-order valence-corrected chi connectivity index (χ4v) is 5.55. The van der Waals surface area contributed by atoms with Crippen LogP contribution in [0.5, 0.6) is 5.75 Å². The summed E-state index contributed by atoms with van der Waals surface area (Å²) in [4.78, 5) is 28.4. The van der Waals surface area contributed by atoms with Gasteiger partial charge < -0.3 is 15.0 Å². The van der Waals surface area contributed by atoms with Gasteiger partial charge in [-0.3, -0.25) is 13.9 Å². The lowest BCUT2D eigenvalue weighted by Crippen LogP contribution is -2.51. The van der Waals surface area contributed by atoms with Gasteiger partial charge in [0.25, 0.3) is 10.0 Å². The van der Waals surface area contributed by atoms with E-state index in [1.54, 1.807) is 43.3 Å². The SMILES string of the molecule is CCCCNC(=O)C(C)N(Cc1ccccc1)C(=O)CN(c1ccc(OCC)cc1)S(=O)(=O)c1ccc(C)cc1. The molecule has 1 N–H and O–H groups in total. The molecule has 0 aliphatic rings. The summed E-state index contributed by atoms with van der Waals surface area (Å²) in [6, 6.07) is 21.6. The van der Waals surface area contributed by atoms with Crippen molar-refractivity contribution in [1.82, 2.24) is 10.2 Å². The molecule has 8 nitrogen and oxygen atoms in total. The topological polar surface area (TPSA) is 96.0 Å². The summed E-state index contributed by atoms with van der Waals surface area (Å²) in [6.07, 6.45) is 1.75. The second-order valence-corrected chi connectivity index (χ2v) is 11.4. The minimum absolute atomic E-state index is 0.0692. The molecular weight excluding hydrogens is 526 g/mol. The van der Waals surface area contributed by atoms with E-state index in [4.69, 9.17) is 4.74 Å². The molecule has 3 aromatic rings. The maximum Gasteiger partial charge on any atom is 0.264 e. The number of hydrogen-bond acceptors (Lipinski definition) is 5. The smallest absolute Gasteiger partial charge is 0.264 e. The summed E-state index contributed by atoms with van der Waals surface area (Å²) < 4.78 is 34.4. The average Bonchev–Trinajstić information content (AvgIpc) is 2.95. The molecule has 0 bridgehead atoms. The minimum atomic E-state index is -4.12. The molecule has 3 rings (SSSR count). The van der Waals surface area contributed by atoms with Crippen molar-refractivity contribution in [3.8, 4) is 5.75 Å². The van der Waals surface area contributed by atoms with E-state index < -0.39 is 28.5 Å². The third-order valence-electron chi connectivity index (χ3n) is 6.52. The molecule has 40 heavy (non-hydrogen) atoms. The summed E-state index contributed by atoms with van der Waals surface area (Å²) >= 11 is 0. The maximum absolute atomic E-state index is 13.9. The van der Waals surface area contributed by atoms with Crippen LogP contribution in [0.3, 0.4) is 0 Å². The number of nitrogens with one attached hydrogen (secondary N) is 1. The lowest BCUT2D eigenvalue weighted by molar-refractivity contribution is -0.139. The highest BCUT2D eigenvalue weighted by Crippen LogP contribution is 2.27. The summed E-state index contributed by atoms with van der Waals surface area (Å²) in [6.45, 7) is 8.08. The quantitative estimate of drug-likeness (QED) is 0.280. The molecule has 2 amide bonds. The van der Waals surface area contributed by atoms with Gasteiger partial charge in [-0.15, -0.1) is 0 Å². The Kier molecular flexibility index (Phi) is 11.1. The van der Waals surface area contributed by atoms with Crippen LogP contribution in [0.15, 0.2) is 83.8 Å². The molecule has 0 fully saturated rings. The number of unbranched alkanes of at least 4 members (excludes halogenated alkanes) is 1. The van der Waals surface area contributed by atoms with Crippen molar-refractivity contribution in [2.45, 2.75) is 58.0 Å². The molecule has 214 valence electrons. The number of anilines is 1. The van der Waals surface area contributed by atoms with E-state index in [9.17, 15) is 18.0 Å². The second-order valence-electron chi connectivity index (χ2n) is 9.58. The van der Waals surface area contributed by atoms with Gasteiger partial charge in [-0.05, 0) is 69.2 Å². The van der Waals surface area contributed by atoms with E-state index >= 15 is 0 Å². The van der Waals surface area contributed by atoms with Crippen LogP contribution in [0.4, 0.5) is 5.69 Å². The van der Waals surface area contributed by atoms with E-state index in [1.165, 1.54) is 17.0 Å². The number of amides is 2. The fraction of sp³-hybridized carbons (Fsp3) is 0.355. The summed E-state index contributed by atoms with van der Waals surface area (Å²) in [5, 5.41) is 2.89. The van der Waals surface area contributed by atoms with Gasteiger partial charge in [-0.1, -0.05) is 61.4 Å². The van der Waals surface area contributed by atoms with Gasteiger partial charge in [-0.2, -0.15) is 0 Å². The highest BCUT2D eigenvalue weighted by Gasteiger charge is 2.32. The Bertz CT molecular complexity index is 1340. The lowest BCUT2D eigenvalue weighted by Gasteiger charge is -2.32. The van der Waals surface area contributed by atoms with Crippen LogP contribution >= 0.6 is 0 Å². The molecule has 0 saturated carbocycles. The Balaban J connectivity index is 1.99. The molecular formula is C31H39N3O5S. The van der Waals surface area contributed by atoms with Crippen LogP contribution in [0.2, 0.25) is 0 Å². The number of rotatable bonds is 14. The molecule has 1 unspecified atom stereocenters. The second kappa shape index (κ2) is 14.5. The van der Waals surface area contributed by atoms with Crippen LogP contribution in [-0.4, -0.2) is 50.9 Å². The van der Waals surface area contributed by atoms with Gasteiger partial charge in [0.05, 0.1) is 17.2 Å². The molecule has 0 spiro atoms. The van der Waals surface area contributed by atoms with Crippen molar-refractivity contribution in [1.29, 1.82) is 0 Å². The lowest BCUT2D eigenvalue weighted by atomic mass is 10.1. The van der Waals surface area contributed by atoms with E-state index in [0.29, 0.717) is 24.6 Å². The molecule has 0 saturated heterocycles. The van der Waals surface area contributed by atoms with Crippen molar-refractivity contribution in [3.63, 3.8) is 0 Å². The molecule has 9 heteroatoms. The van der Waals surface area contributed by atoms with E-state index in [-0.39, 0.29) is 17.3 Å². The first kappa shape index (κ1) is 30.7. The normalized spacial score (nSPS) is 11.9. The van der Waals surface area contributed by atoms with Crippen molar-refractivity contribution >= 4 is 27.5 Å². The highest BCUT2D eigenvalue weighted by molar-refractivity contribution is 7.92. The number of carbonyl (C=O) groups excluding carboxylic acids is 2. The van der Waals surface area contributed by atoms with E-state index in [2.05, 4.69) is 5.32 Å². The standard InChI is InChI=1S/C31H39N3O5S/c1-5-7-21-32-31(36)25(4)33(22-26-11-9-8-10-12-26)30(35)23-34(27-15-17-28(18-16-27)39-6-2)40(37,38)29-19-13-24(3)14-20-29/h8-20,25H,5-7,21-23H2,1-4H3,(H,32,36). The van der Waals surface area contributed by atoms with Crippen LogP contribution in [-0.2, 0) is 26.2 Å². The number of carbonyl (C=O) groups is 2. The predicted octanol–water partition coefficient (Wildman–Crippen LogP) is 4.92. The first-order valence-electron chi connectivity index (χ1n) is 13.6. The molecule has 3 aromatic carbocycles. The van der Waals surface area contributed by atoms with Gasteiger partial charge in [0.2, 0.25) is 11.8 Å². The zero-order valence-corrected chi connectivity index (χ0v) is 24.5.